The molecule has 0 aliphatic heterocycles. The summed E-state index contributed by atoms with van der Waals surface area (Å²) in [7, 11) is 1.50. The lowest BCUT2D eigenvalue weighted by Crippen LogP contribution is -2.27. The largest absolute Gasteiger partial charge is 0.496 e. The van der Waals surface area contributed by atoms with Gasteiger partial charge in [0, 0.05) is 25.1 Å². The SMILES string of the molecule is COc1cc(CNC(C)Cc2ccco2)cc([N+](=O)[O-])c1. The first-order chi connectivity index (χ1) is 10.1. The number of hydrogen-bond acceptors (Lipinski definition) is 5. The maximum atomic E-state index is 10.9. The van der Waals surface area contributed by atoms with E-state index in [2.05, 4.69) is 5.32 Å². The van der Waals surface area contributed by atoms with Gasteiger partial charge in [0.1, 0.15) is 11.5 Å². The van der Waals surface area contributed by atoms with Gasteiger partial charge in [-0.25, -0.2) is 0 Å². The fourth-order valence-electron chi connectivity index (χ4n) is 2.06. The van der Waals surface area contributed by atoms with E-state index >= 15 is 0 Å². The number of nitrogens with zero attached hydrogens (tertiary/aromatic N) is 1. The first-order valence-electron chi connectivity index (χ1n) is 6.66. The standard InChI is InChI=1S/C15H18N2O4/c1-11(6-14-4-3-5-21-14)16-10-12-7-13(17(18)19)9-15(8-12)20-2/h3-5,7-9,11,16H,6,10H2,1-2H3. The highest BCUT2D eigenvalue weighted by Crippen LogP contribution is 2.22. The van der Waals surface area contributed by atoms with Gasteiger partial charge in [0.15, 0.2) is 0 Å². The number of nitro groups is 1. The van der Waals surface area contributed by atoms with Gasteiger partial charge in [-0.2, -0.15) is 0 Å². The fraction of sp³-hybridized carbons (Fsp3) is 0.333. The second kappa shape index (κ2) is 6.90. The molecule has 1 N–H and O–H groups in total. The van der Waals surface area contributed by atoms with Gasteiger partial charge in [-0.05, 0) is 30.7 Å². The Morgan fingerprint density at radius 2 is 2.24 bits per heavy atom. The Kier molecular flexibility index (Phi) is 4.94. The number of ether oxygens (including phenoxy) is 1. The van der Waals surface area contributed by atoms with Crippen LogP contribution in [0.5, 0.6) is 5.75 Å². The van der Waals surface area contributed by atoms with E-state index in [1.165, 1.54) is 13.2 Å². The van der Waals surface area contributed by atoms with Crippen molar-refractivity contribution < 1.29 is 14.1 Å². The number of hydrogen-bond donors (Lipinski definition) is 1. The predicted octanol–water partition coefficient (Wildman–Crippen LogP) is 2.92. The zero-order valence-electron chi connectivity index (χ0n) is 12.0. The molecule has 0 spiro atoms. The summed E-state index contributed by atoms with van der Waals surface area (Å²) in [5.41, 5.74) is 0.845. The van der Waals surface area contributed by atoms with Crippen LogP contribution in [0.25, 0.3) is 0 Å². The lowest BCUT2D eigenvalue weighted by atomic mass is 10.1. The van der Waals surface area contributed by atoms with Crippen molar-refractivity contribution in [1.82, 2.24) is 5.32 Å². The Bertz CT molecular complexity index is 596. The molecule has 0 aliphatic carbocycles. The van der Waals surface area contributed by atoms with Crippen molar-refractivity contribution in [2.75, 3.05) is 7.11 Å². The van der Waals surface area contributed by atoms with Gasteiger partial charge >= 0.3 is 0 Å². The molecule has 0 radical (unpaired) electrons. The predicted molar refractivity (Wildman–Crippen MR) is 78.4 cm³/mol. The smallest absolute Gasteiger partial charge is 0.273 e. The molecule has 0 saturated carbocycles. The molecule has 1 aromatic heterocycles. The summed E-state index contributed by atoms with van der Waals surface area (Å²) >= 11 is 0. The summed E-state index contributed by atoms with van der Waals surface area (Å²) in [5, 5.41) is 14.2. The molecular formula is C15H18N2O4. The summed E-state index contributed by atoms with van der Waals surface area (Å²) in [5.74, 6) is 1.39. The average Bonchev–Trinajstić information content (AvgIpc) is 2.97. The number of rotatable bonds is 7. The van der Waals surface area contributed by atoms with E-state index in [0.717, 1.165) is 17.7 Å². The second-order valence-corrected chi connectivity index (χ2v) is 4.86. The maximum Gasteiger partial charge on any atom is 0.273 e. The van der Waals surface area contributed by atoms with E-state index in [9.17, 15) is 10.1 Å². The number of nitrogens with one attached hydrogen (secondary N) is 1. The molecule has 6 heteroatoms. The fourth-order valence-corrected chi connectivity index (χ4v) is 2.06. The van der Waals surface area contributed by atoms with Gasteiger partial charge < -0.3 is 14.5 Å². The van der Waals surface area contributed by atoms with Crippen molar-refractivity contribution in [1.29, 1.82) is 0 Å². The third-order valence-corrected chi connectivity index (χ3v) is 3.14. The maximum absolute atomic E-state index is 10.9. The molecule has 2 aromatic rings. The Morgan fingerprint density at radius 1 is 1.43 bits per heavy atom. The van der Waals surface area contributed by atoms with Crippen LogP contribution in [0.2, 0.25) is 0 Å². The number of methoxy groups -OCH3 is 1. The van der Waals surface area contributed by atoms with E-state index in [1.54, 1.807) is 18.4 Å². The summed E-state index contributed by atoms with van der Waals surface area (Å²) in [6.45, 7) is 2.57. The average molecular weight is 290 g/mol. The van der Waals surface area contributed by atoms with Gasteiger partial charge in [-0.15, -0.1) is 0 Å². The molecule has 0 amide bonds. The van der Waals surface area contributed by atoms with Crippen LogP contribution in [-0.2, 0) is 13.0 Å². The third kappa shape index (κ3) is 4.32. The zero-order chi connectivity index (χ0) is 15.2. The minimum Gasteiger partial charge on any atom is -0.496 e. The number of nitro benzene ring substituents is 1. The minimum absolute atomic E-state index is 0.0323. The second-order valence-electron chi connectivity index (χ2n) is 4.86. The highest BCUT2D eigenvalue weighted by molar-refractivity contribution is 5.42. The number of benzene rings is 1. The lowest BCUT2D eigenvalue weighted by molar-refractivity contribution is -0.385. The topological polar surface area (TPSA) is 77.5 Å². The van der Waals surface area contributed by atoms with Crippen molar-refractivity contribution in [2.24, 2.45) is 0 Å². The van der Waals surface area contributed by atoms with Gasteiger partial charge in [-0.3, -0.25) is 10.1 Å². The van der Waals surface area contributed by atoms with E-state index in [4.69, 9.17) is 9.15 Å². The molecule has 21 heavy (non-hydrogen) atoms. The normalized spacial score (nSPS) is 12.1. The monoisotopic (exact) mass is 290 g/mol. The molecule has 0 bridgehead atoms. The Balaban J connectivity index is 1.98. The molecule has 112 valence electrons. The molecule has 1 atom stereocenters. The molecular weight excluding hydrogens is 272 g/mol. The Morgan fingerprint density at radius 3 is 2.86 bits per heavy atom. The lowest BCUT2D eigenvalue weighted by Gasteiger charge is -2.13. The molecule has 6 nitrogen and oxygen atoms in total. The van der Waals surface area contributed by atoms with Crippen molar-refractivity contribution in [3.05, 3.63) is 58.0 Å². The summed E-state index contributed by atoms with van der Waals surface area (Å²) in [6, 6.07) is 8.73. The molecule has 0 saturated heterocycles. The van der Waals surface area contributed by atoms with E-state index < -0.39 is 4.92 Å². The number of furan rings is 1. The summed E-state index contributed by atoms with van der Waals surface area (Å²) < 4.78 is 10.4. The van der Waals surface area contributed by atoms with Crippen LogP contribution >= 0.6 is 0 Å². The van der Waals surface area contributed by atoms with Crippen LogP contribution in [0, 0.1) is 10.1 Å². The van der Waals surface area contributed by atoms with Gasteiger partial charge in [0.2, 0.25) is 0 Å². The van der Waals surface area contributed by atoms with Crippen LogP contribution < -0.4 is 10.1 Å². The quantitative estimate of drug-likeness (QED) is 0.626. The van der Waals surface area contributed by atoms with Crippen LogP contribution in [0.4, 0.5) is 5.69 Å². The molecule has 0 aliphatic rings. The first-order valence-corrected chi connectivity index (χ1v) is 6.66. The van der Waals surface area contributed by atoms with Crippen LogP contribution in [0.3, 0.4) is 0 Å². The number of non-ortho nitro benzene ring substituents is 1. The Labute approximate surface area is 122 Å². The van der Waals surface area contributed by atoms with Crippen molar-refractivity contribution in [3.8, 4) is 5.75 Å². The van der Waals surface area contributed by atoms with Crippen molar-refractivity contribution in [2.45, 2.75) is 25.9 Å². The van der Waals surface area contributed by atoms with E-state index in [0.29, 0.717) is 12.3 Å². The van der Waals surface area contributed by atoms with E-state index in [-0.39, 0.29) is 11.7 Å². The molecule has 2 rings (SSSR count). The van der Waals surface area contributed by atoms with Gasteiger partial charge in [0.25, 0.3) is 5.69 Å². The molecule has 0 fully saturated rings. The van der Waals surface area contributed by atoms with Gasteiger partial charge in [0.05, 0.1) is 24.4 Å². The van der Waals surface area contributed by atoms with Gasteiger partial charge in [-0.1, -0.05) is 0 Å². The molecule has 1 aromatic carbocycles. The van der Waals surface area contributed by atoms with Crippen molar-refractivity contribution >= 4 is 5.69 Å². The zero-order valence-corrected chi connectivity index (χ0v) is 12.0. The molecule has 1 heterocycles. The van der Waals surface area contributed by atoms with E-state index in [1.807, 2.05) is 19.1 Å². The Hall–Kier alpha value is -2.34. The van der Waals surface area contributed by atoms with Crippen LogP contribution in [-0.4, -0.2) is 18.1 Å². The summed E-state index contributed by atoms with van der Waals surface area (Å²) in [4.78, 5) is 10.5. The highest BCUT2D eigenvalue weighted by atomic mass is 16.6. The third-order valence-electron chi connectivity index (χ3n) is 3.14. The highest BCUT2D eigenvalue weighted by Gasteiger charge is 2.11. The molecule has 1 unspecified atom stereocenters. The summed E-state index contributed by atoms with van der Waals surface area (Å²) in [6.07, 6.45) is 2.41. The van der Waals surface area contributed by atoms with Crippen LogP contribution in [0.15, 0.2) is 41.0 Å². The van der Waals surface area contributed by atoms with Crippen molar-refractivity contribution in [3.63, 3.8) is 0 Å². The van der Waals surface area contributed by atoms with Crippen LogP contribution in [0.1, 0.15) is 18.2 Å². The first kappa shape index (κ1) is 15.1. The minimum atomic E-state index is -0.418.